The van der Waals surface area contributed by atoms with Crippen molar-refractivity contribution in [2.75, 3.05) is 18.1 Å². The van der Waals surface area contributed by atoms with Crippen LogP contribution in [-0.2, 0) is 20.2 Å². The fourth-order valence-corrected chi connectivity index (χ4v) is 6.44. The Balaban J connectivity index is 1.29. The molecule has 0 aliphatic rings. The first-order valence-corrected chi connectivity index (χ1v) is 17.7. The van der Waals surface area contributed by atoms with Gasteiger partial charge in [0.2, 0.25) is 0 Å². The van der Waals surface area contributed by atoms with Crippen LogP contribution in [0, 0.1) is 13.8 Å². The Hall–Kier alpha value is -5.54. The van der Waals surface area contributed by atoms with Crippen molar-refractivity contribution < 1.29 is 25.9 Å². The lowest BCUT2D eigenvalue weighted by molar-refractivity contribution is 0.481. The summed E-state index contributed by atoms with van der Waals surface area (Å²) in [4.78, 5) is -0.504. The van der Waals surface area contributed by atoms with Crippen LogP contribution in [0.3, 0.4) is 0 Å². The zero-order valence-electron chi connectivity index (χ0n) is 26.4. The Morgan fingerprint density at radius 3 is 1.49 bits per heavy atom. The summed E-state index contributed by atoms with van der Waals surface area (Å²) in [6.07, 6.45) is 0. The average Bonchev–Trinajstić information content (AvgIpc) is 3.06. The summed E-state index contributed by atoms with van der Waals surface area (Å²) in [5, 5.41) is 23.2. The summed E-state index contributed by atoms with van der Waals surface area (Å²) >= 11 is 0. The molecule has 0 saturated heterocycles. The van der Waals surface area contributed by atoms with Gasteiger partial charge < -0.3 is 11.1 Å². The van der Waals surface area contributed by atoms with Gasteiger partial charge in [0.1, 0.15) is 11.4 Å². The lowest BCUT2D eigenvalue weighted by Crippen LogP contribution is -1.98. The van der Waals surface area contributed by atoms with Crippen molar-refractivity contribution in [3.8, 4) is 11.1 Å². The zero-order chi connectivity index (χ0) is 35.1. The summed E-state index contributed by atoms with van der Waals surface area (Å²) < 4.78 is 66.1. The number of fused-ring (bicyclic) bond motifs is 2. The van der Waals surface area contributed by atoms with Gasteiger partial charge in [0, 0.05) is 17.8 Å². The van der Waals surface area contributed by atoms with Crippen LogP contribution >= 0.6 is 0 Å². The summed E-state index contributed by atoms with van der Waals surface area (Å²) in [6.45, 7) is 3.81. The molecule has 0 bridgehead atoms. The van der Waals surface area contributed by atoms with Crippen LogP contribution < -0.4 is 11.1 Å². The number of nitrogen functional groups attached to an aromatic ring is 1. The molecule has 0 aromatic heterocycles. The summed E-state index contributed by atoms with van der Waals surface area (Å²) in [5.41, 5.74) is 12.6. The normalized spacial score (nSPS) is 12.4. The van der Waals surface area contributed by atoms with E-state index in [1.165, 1.54) is 24.3 Å². The molecule has 5 N–H and O–H groups in total. The highest BCUT2D eigenvalue weighted by Gasteiger charge is 2.15. The number of azo groups is 2. The van der Waals surface area contributed by atoms with Gasteiger partial charge in [-0.05, 0) is 108 Å². The number of hydrogen-bond acceptors (Lipinski definition) is 10. The summed E-state index contributed by atoms with van der Waals surface area (Å²) in [5.74, 6) is 0. The largest absolute Gasteiger partial charge is 0.397 e. The highest BCUT2D eigenvalue weighted by molar-refractivity contribution is 7.86. The van der Waals surface area contributed by atoms with Gasteiger partial charge >= 0.3 is 0 Å². The molecule has 6 rings (SSSR count). The molecule has 6 aromatic carbocycles. The molecule has 0 spiro atoms. The number of nitrogens with two attached hydrogens (primary N) is 1. The molecule has 0 aliphatic heterocycles. The van der Waals surface area contributed by atoms with Crippen molar-refractivity contribution in [3.63, 3.8) is 0 Å². The third-order valence-corrected chi connectivity index (χ3v) is 9.77. The first kappa shape index (κ1) is 33.4. The smallest absolute Gasteiger partial charge is 0.294 e. The SMILES string of the molecule is CNc1ccc2ccc(S(=O)(=O)O)cc2c1N=Nc1ccc(-c2ccc(N=Nc3c(N)ccc4ccc(S(=O)(=O)O)cc34)c(C)c2)cc1C. The monoisotopic (exact) mass is 694 g/mol. The topological polar surface area (TPSA) is 196 Å². The second-order valence-corrected chi connectivity index (χ2v) is 14.2. The molecule has 49 heavy (non-hydrogen) atoms. The van der Waals surface area contributed by atoms with Crippen LogP contribution in [0.5, 0.6) is 0 Å². The average molecular weight is 695 g/mol. The maximum Gasteiger partial charge on any atom is 0.294 e. The molecule has 6 aromatic rings. The molecule has 0 saturated carbocycles. The number of aryl methyl sites for hydroxylation is 2. The van der Waals surface area contributed by atoms with Gasteiger partial charge in [0.25, 0.3) is 20.2 Å². The lowest BCUT2D eigenvalue weighted by Gasteiger charge is -2.10. The summed E-state index contributed by atoms with van der Waals surface area (Å²) in [7, 11) is -7.10. The van der Waals surface area contributed by atoms with E-state index in [1.54, 1.807) is 31.3 Å². The van der Waals surface area contributed by atoms with Gasteiger partial charge in [0.05, 0.1) is 32.5 Å². The van der Waals surface area contributed by atoms with Gasteiger partial charge in [-0.2, -0.15) is 27.1 Å². The molecule has 0 amide bonds. The minimum absolute atomic E-state index is 0.236. The maximum absolute atomic E-state index is 11.8. The standard InChI is InChI=1S/C35H30N6O6S2/c1-20-16-24(8-13-31(20)38-40-34-28-18-26(48(42,43)44)10-4-22(28)6-12-30(34)36)25-9-14-32(21(2)17-25)39-41-35-29-19-27(49(45,46)47)11-5-23(29)7-15-33(35)37-3/h4-19,37H,36H2,1-3H3,(H,42,43,44)(H,45,46,47). The number of nitrogens with zero attached hydrogens (tertiary/aromatic N) is 4. The Kier molecular flexibility index (Phi) is 8.73. The molecular formula is C35H30N6O6S2. The molecule has 0 atom stereocenters. The first-order valence-electron chi connectivity index (χ1n) is 14.8. The van der Waals surface area contributed by atoms with Crippen molar-refractivity contribution in [1.82, 2.24) is 0 Å². The van der Waals surface area contributed by atoms with E-state index in [0.717, 1.165) is 27.6 Å². The van der Waals surface area contributed by atoms with Gasteiger partial charge in [-0.15, -0.1) is 10.2 Å². The van der Waals surface area contributed by atoms with Crippen LogP contribution in [0.25, 0.3) is 32.7 Å². The molecule has 12 nitrogen and oxygen atoms in total. The third-order valence-electron chi connectivity index (χ3n) is 8.07. The van der Waals surface area contributed by atoms with Crippen molar-refractivity contribution in [2.45, 2.75) is 23.6 Å². The molecule has 0 heterocycles. The van der Waals surface area contributed by atoms with Gasteiger partial charge in [0.15, 0.2) is 0 Å². The van der Waals surface area contributed by atoms with Gasteiger partial charge in [-0.3, -0.25) is 9.11 Å². The van der Waals surface area contributed by atoms with E-state index in [-0.39, 0.29) is 15.5 Å². The zero-order valence-corrected chi connectivity index (χ0v) is 28.1. The van der Waals surface area contributed by atoms with Crippen molar-refractivity contribution in [3.05, 3.63) is 108 Å². The van der Waals surface area contributed by atoms with Crippen LogP contribution in [0.2, 0.25) is 0 Å². The number of hydrogen-bond donors (Lipinski definition) is 4. The van der Waals surface area contributed by atoms with Crippen molar-refractivity contribution in [2.24, 2.45) is 20.5 Å². The number of anilines is 2. The van der Waals surface area contributed by atoms with Crippen molar-refractivity contribution in [1.29, 1.82) is 0 Å². The predicted molar refractivity (Wildman–Crippen MR) is 191 cm³/mol. The van der Waals surface area contributed by atoms with Crippen LogP contribution in [0.1, 0.15) is 11.1 Å². The number of rotatable bonds is 8. The molecule has 0 fully saturated rings. The Labute approximate surface area is 282 Å². The second-order valence-electron chi connectivity index (χ2n) is 11.3. The highest BCUT2D eigenvalue weighted by Crippen LogP contribution is 2.38. The van der Waals surface area contributed by atoms with Crippen LogP contribution in [0.4, 0.5) is 34.1 Å². The summed E-state index contributed by atoms with van der Waals surface area (Å²) in [6, 6.07) is 27.0. The molecule has 0 unspecified atom stereocenters. The van der Waals surface area contributed by atoms with Gasteiger partial charge in [-0.25, -0.2) is 0 Å². The van der Waals surface area contributed by atoms with Gasteiger partial charge in [-0.1, -0.05) is 36.4 Å². The lowest BCUT2D eigenvalue weighted by atomic mass is 10.0. The number of nitrogens with one attached hydrogen (secondary N) is 1. The Morgan fingerprint density at radius 1 is 0.571 bits per heavy atom. The molecule has 0 aliphatic carbocycles. The quantitative estimate of drug-likeness (QED) is 0.0687. The molecule has 14 heteroatoms. The van der Waals surface area contributed by atoms with E-state index in [1.807, 2.05) is 62.4 Å². The molecule has 0 radical (unpaired) electrons. The highest BCUT2D eigenvalue weighted by atomic mass is 32.2. The Morgan fingerprint density at radius 2 is 1.02 bits per heavy atom. The van der Waals surface area contributed by atoms with Crippen LogP contribution in [0.15, 0.2) is 127 Å². The first-order chi connectivity index (χ1) is 23.2. The fourth-order valence-electron chi connectivity index (χ4n) is 5.43. The minimum Gasteiger partial charge on any atom is -0.397 e. The maximum atomic E-state index is 11.8. The van der Waals surface area contributed by atoms with E-state index in [9.17, 15) is 25.9 Å². The number of benzene rings is 6. The molecular weight excluding hydrogens is 665 g/mol. The van der Waals surface area contributed by atoms with E-state index in [2.05, 4.69) is 25.8 Å². The van der Waals surface area contributed by atoms with E-state index >= 15 is 0 Å². The third kappa shape index (κ3) is 6.89. The minimum atomic E-state index is -4.42. The van der Waals surface area contributed by atoms with E-state index in [4.69, 9.17) is 5.73 Å². The Bertz CT molecular complexity index is 2590. The van der Waals surface area contributed by atoms with E-state index in [0.29, 0.717) is 44.6 Å². The van der Waals surface area contributed by atoms with Crippen LogP contribution in [-0.4, -0.2) is 33.0 Å². The van der Waals surface area contributed by atoms with Crippen molar-refractivity contribution >= 4 is 75.9 Å². The second kappa shape index (κ2) is 12.8. The van der Waals surface area contributed by atoms with E-state index < -0.39 is 20.2 Å². The molecule has 248 valence electrons. The fraction of sp³-hybridized carbons (Fsp3) is 0.0857. The predicted octanol–water partition coefficient (Wildman–Crippen LogP) is 9.22.